The van der Waals surface area contributed by atoms with E-state index in [0.717, 1.165) is 5.56 Å². The van der Waals surface area contributed by atoms with Gasteiger partial charge in [0.25, 0.3) is 0 Å². The Morgan fingerprint density at radius 3 is 2.48 bits per heavy atom. The molecular formula is C15H13Cl3O3. The summed E-state index contributed by atoms with van der Waals surface area (Å²) < 4.78 is 10.9. The van der Waals surface area contributed by atoms with Crippen LogP contribution in [-0.2, 0) is 13.2 Å². The van der Waals surface area contributed by atoms with Crippen molar-refractivity contribution in [2.45, 2.75) is 13.2 Å². The van der Waals surface area contributed by atoms with E-state index in [1.54, 1.807) is 30.3 Å². The SMILES string of the molecule is COc1cc(CO)cc(Cl)c1OCc1cc(Cl)ccc1Cl. The van der Waals surface area contributed by atoms with Crippen LogP contribution in [0.2, 0.25) is 15.1 Å². The Balaban J connectivity index is 2.25. The van der Waals surface area contributed by atoms with Crippen LogP contribution in [0.1, 0.15) is 11.1 Å². The Morgan fingerprint density at radius 2 is 1.81 bits per heavy atom. The zero-order valence-electron chi connectivity index (χ0n) is 11.2. The summed E-state index contributed by atoms with van der Waals surface area (Å²) in [7, 11) is 1.51. The number of ether oxygens (including phenoxy) is 2. The van der Waals surface area contributed by atoms with Crippen LogP contribution in [0.5, 0.6) is 11.5 Å². The van der Waals surface area contributed by atoms with E-state index in [-0.39, 0.29) is 13.2 Å². The lowest BCUT2D eigenvalue weighted by molar-refractivity contribution is 0.274. The van der Waals surface area contributed by atoms with Gasteiger partial charge in [0, 0.05) is 15.6 Å². The van der Waals surface area contributed by atoms with E-state index in [1.165, 1.54) is 7.11 Å². The molecule has 2 rings (SSSR count). The van der Waals surface area contributed by atoms with Gasteiger partial charge in [0.05, 0.1) is 18.7 Å². The van der Waals surface area contributed by atoms with Crippen molar-refractivity contribution in [2.75, 3.05) is 7.11 Å². The predicted molar refractivity (Wildman–Crippen MR) is 84.7 cm³/mol. The average Bonchev–Trinajstić information content (AvgIpc) is 2.48. The van der Waals surface area contributed by atoms with Gasteiger partial charge in [-0.25, -0.2) is 0 Å². The molecule has 0 saturated carbocycles. The van der Waals surface area contributed by atoms with Crippen LogP contribution in [0.15, 0.2) is 30.3 Å². The Hall–Kier alpha value is -1.13. The molecule has 1 N–H and O–H groups in total. The smallest absolute Gasteiger partial charge is 0.180 e. The molecule has 0 aliphatic heterocycles. The monoisotopic (exact) mass is 346 g/mol. The molecule has 0 aliphatic carbocycles. The number of rotatable bonds is 5. The third-order valence-corrected chi connectivity index (χ3v) is 3.74. The van der Waals surface area contributed by atoms with E-state index in [2.05, 4.69) is 0 Å². The second-order valence-electron chi connectivity index (χ2n) is 4.29. The van der Waals surface area contributed by atoms with Gasteiger partial charge in [0.1, 0.15) is 6.61 Å². The number of benzene rings is 2. The summed E-state index contributed by atoms with van der Waals surface area (Å²) in [6.45, 7) is 0.0738. The predicted octanol–water partition coefficient (Wildman–Crippen LogP) is 4.73. The first-order valence-corrected chi connectivity index (χ1v) is 7.22. The normalized spacial score (nSPS) is 10.5. The van der Waals surface area contributed by atoms with Crippen molar-refractivity contribution in [3.8, 4) is 11.5 Å². The fourth-order valence-electron chi connectivity index (χ4n) is 1.81. The van der Waals surface area contributed by atoms with Crippen molar-refractivity contribution in [1.29, 1.82) is 0 Å². The number of aliphatic hydroxyl groups excluding tert-OH is 1. The highest BCUT2D eigenvalue weighted by Gasteiger charge is 2.13. The van der Waals surface area contributed by atoms with Crippen LogP contribution in [0, 0.1) is 0 Å². The van der Waals surface area contributed by atoms with Crippen LogP contribution in [0.3, 0.4) is 0 Å². The van der Waals surface area contributed by atoms with E-state index in [9.17, 15) is 0 Å². The topological polar surface area (TPSA) is 38.7 Å². The van der Waals surface area contributed by atoms with Crippen LogP contribution >= 0.6 is 34.8 Å². The molecule has 0 spiro atoms. The van der Waals surface area contributed by atoms with E-state index >= 15 is 0 Å². The molecule has 2 aromatic rings. The number of hydrogen-bond donors (Lipinski definition) is 1. The van der Waals surface area contributed by atoms with Crippen molar-refractivity contribution in [1.82, 2.24) is 0 Å². The summed E-state index contributed by atoms with van der Waals surface area (Å²) in [5.41, 5.74) is 1.39. The minimum Gasteiger partial charge on any atom is -0.493 e. The van der Waals surface area contributed by atoms with Crippen molar-refractivity contribution in [3.05, 3.63) is 56.5 Å². The van der Waals surface area contributed by atoms with Crippen LogP contribution in [-0.4, -0.2) is 12.2 Å². The van der Waals surface area contributed by atoms with Gasteiger partial charge in [-0.05, 0) is 35.9 Å². The molecular weight excluding hydrogens is 335 g/mol. The van der Waals surface area contributed by atoms with Crippen molar-refractivity contribution in [2.24, 2.45) is 0 Å². The molecule has 0 aromatic heterocycles. The van der Waals surface area contributed by atoms with Gasteiger partial charge < -0.3 is 14.6 Å². The highest BCUT2D eigenvalue weighted by Crippen LogP contribution is 2.37. The van der Waals surface area contributed by atoms with E-state index in [4.69, 9.17) is 49.4 Å². The maximum Gasteiger partial charge on any atom is 0.180 e. The summed E-state index contributed by atoms with van der Waals surface area (Å²) in [5.74, 6) is 0.845. The van der Waals surface area contributed by atoms with Crippen LogP contribution < -0.4 is 9.47 Å². The summed E-state index contributed by atoms with van der Waals surface area (Å²) in [4.78, 5) is 0. The minimum absolute atomic E-state index is 0.128. The fourth-order valence-corrected chi connectivity index (χ4v) is 2.46. The molecule has 3 nitrogen and oxygen atoms in total. The summed E-state index contributed by atoms with van der Waals surface area (Å²) in [5, 5.41) is 10.7. The molecule has 0 saturated heterocycles. The second kappa shape index (κ2) is 7.23. The van der Waals surface area contributed by atoms with Gasteiger partial charge in [-0.3, -0.25) is 0 Å². The molecule has 0 heterocycles. The maximum atomic E-state index is 9.16. The maximum absolute atomic E-state index is 9.16. The van der Waals surface area contributed by atoms with Crippen molar-refractivity contribution < 1.29 is 14.6 Å². The number of aliphatic hydroxyl groups is 1. The lowest BCUT2D eigenvalue weighted by atomic mass is 10.2. The molecule has 112 valence electrons. The van der Waals surface area contributed by atoms with E-state index in [1.807, 2.05) is 0 Å². The van der Waals surface area contributed by atoms with Gasteiger partial charge in [-0.1, -0.05) is 34.8 Å². The van der Waals surface area contributed by atoms with Crippen molar-refractivity contribution in [3.63, 3.8) is 0 Å². The molecule has 2 aromatic carbocycles. The quantitative estimate of drug-likeness (QED) is 0.850. The first-order chi connectivity index (χ1) is 10.0. The Kier molecular flexibility index (Phi) is 5.59. The molecule has 0 bridgehead atoms. The van der Waals surface area contributed by atoms with E-state index in [0.29, 0.717) is 32.1 Å². The first kappa shape index (κ1) is 16.2. The standard InChI is InChI=1S/C15H13Cl3O3/c1-20-14-5-9(7-19)4-13(18)15(14)21-8-10-6-11(16)2-3-12(10)17/h2-6,19H,7-8H2,1H3. The Bertz CT molecular complexity index is 644. The molecule has 6 heteroatoms. The average molecular weight is 348 g/mol. The third-order valence-electron chi connectivity index (χ3n) is 2.85. The molecule has 0 atom stereocenters. The second-order valence-corrected chi connectivity index (χ2v) is 5.54. The summed E-state index contributed by atoms with van der Waals surface area (Å²) in [6, 6.07) is 8.43. The number of halogens is 3. The molecule has 21 heavy (non-hydrogen) atoms. The summed E-state index contributed by atoms with van der Waals surface area (Å²) >= 11 is 18.2. The fraction of sp³-hybridized carbons (Fsp3) is 0.200. The number of hydrogen-bond acceptors (Lipinski definition) is 3. The van der Waals surface area contributed by atoms with Crippen LogP contribution in [0.25, 0.3) is 0 Å². The van der Waals surface area contributed by atoms with Crippen molar-refractivity contribution >= 4 is 34.8 Å². The van der Waals surface area contributed by atoms with Gasteiger partial charge in [0.2, 0.25) is 0 Å². The molecule has 0 radical (unpaired) electrons. The van der Waals surface area contributed by atoms with Gasteiger partial charge in [-0.15, -0.1) is 0 Å². The Morgan fingerprint density at radius 1 is 1.05 bits per heavy atom. The highest BCUT2D eigenvalue weighted by molar-refractivity contribution is 6.33. The minimum atomic E-state index is -0.128. The molecule has 0 fully saturated rings. The molecule has 0 unspecified atom stereocenters. The molecule has 0 aliphatic rings. The highest BCUT2D eigenvalue weighted by atomic mass is 35.5. The largest absolute Gasteiger partial charge is 0.493 e. The van der Waals surface area contributed by atoms with E-state index < -0.39 is 0 Å². The van der Waals surface area contributed by atoms with Gasteiger partial charge in [-0.2, -0.15) is 0 Å². The molecule has 0 amide bonds. The lowest BCUT2D eigenvalue weighted by Gasteiger charge is -2.14. The van der Waals surface area contributed by atoms with Crippen LogP contribution in [0.4, 0.5) is 0 Å². The van der Waals surface area contributed by atoms with Gasteiger partial charge in [0.15, 0.2) is 11.5 Å². The van der Waals surface area contributed by atoms with Gasteiger partial charge >= 0.3 is 0 Å². The lowest BCUT2D eigenvalue weighted by Crippen LogP contribution is -2.00. The third kappa shape index (κ3) is 3.95. The first-order valence-electron chi connectivity index (χ1n) is 6.09. The summed E-state index contributed by atoms with van der Waals surface area (Å²) in [6.07, 6.45) is 0. The zero-order chi connectivity index (χ0) is 15.4. The number of methoxy groups -OCH3 is 1. The Labute approximate surface area is 138 Å². The zero-order valence-corrected chi connectivity index (χ0v) is 13.5.